The number of aliphatic hydroxyl groups excluding tert-OH is 1. The first-order chi connectivity index (χ1) is 6.15. The summed E-state index contributed by atoms with van der Waals surface area (Å²) in [6.45, 7) is 6.06. The van der Waals surface area contributed by atoms with E-state index >= 15 is 0 Å². The molecule has 0 spiro atoms. The van der Waals surface area contributed by atoms with E-state index in [1.165, 1.54) is 6.08 Å². The molecule has 0 radical (unpaired) electrons. The van der Waals surface area contributed by atoms with E-state index in [9.17, 15) is 9.90 Å². The van der Waals surface area contributed by atoms with Crippen LogP contribution in [0.3, 0.4) is 0 Å². The van der Waals surface area contributed by atoms with Gasteiger partial charge in [-0.25, -0.2) is 0 Å². The van der Waals surface area contributed by atoms with E-state index in [0.717, 1.165) is 19.4 Å². The SMILES string of the molecule is C=CC(=O)NC(C)N1CCCC1O. The second kappa shape index (κ2) is 4.39. The maximum absolute atomic E-state index is 10.9. The van der Waals surface area contributed by atoms with Gasteiger partial charge in [0.2, 0.25) is 5.91 Å². The van der Waals surface area contributed by atoms with Gasteiger partial charge in [0.1, 0.15) is 6.23 Å². The molecule has 2 unspecified atom stereocenters. The molecule has 0 saturated carbocycles. The molecule has 1 amide bonds. The Morgan fingerprint density at radius 1 is 1.85 bits per heavy atom. The van der Waals surface area contributed by atoms with Crippen molar-refractivity contribution in [3.05, 3.63) is 12.7 Å². The number of carbonyl (C=O) groups is 1. The van der Waals surface area contributed by atoms with Crippen molar-refractivity contribution in [2.45, 2.75) is 32.2 Å². The number of nitrogens with zero attached hydrogens (tertiary/aromatic N) is 1. The number of hydrogen-bond donors (Lipinski definition) is 2. The highest BCUT2D eigenvalue weighted by atomic mass is 16.3. The summed E-state index contributed by atoms with van der Waals surface area (Å²) in [6.07, 6.45) is 2.46. The Morgan fingerprint density at radius 2 is 2.54 bits per heavy atom. The second-order valence-corrected chi connectivity index (χ2v) is 3.25. The van der Waals surface area contributed by atoms with Gasteiger partial charge in [0.15, 0.2) is 0 Å². The summed E-state index contributed by atoms with van der Waals surface area (Å²) in [5.74, 6) is -0.202. The van der Waals surface area contributed by atoms with Crippen LogP contribution in [0.25, 0.3) is 0 Å². The molecule has 0 aromatic rings. The van der Waals surface area contributed by atoms with E-state index in [2.05, 4.69) is 11.9 Å². The Bertz CT molecular complexity index is 206. The zero-order chi connectivity index (χ0) is 9.84. The smallest absolute Gasteiger partial charge is 0.244 e. The first-order valence-electron chi connectivity index (χ1n) is 4.52. The molecule has 1 aliphatic rings. The normalized spacial score (nSPS) is 25.5. The molecule has 1 fully saturated rings. The second-order valence-electron chi connectivity index (χ2n) is 3.25. The van der Waals surface area contributed by atoms with Gasteiger partial charge in [0.25, 0.3) is 0 Å². The fourth-order valence-corrected chi connectivity index (χ4v) is 1.57. The van der Waals surface area contributed by atoms with Gasteiger partial charge in [-0.3, -0.25) is 9.69 Å². The third-order valence-corrected chi connectivity index (χ3v) is 2.30. The van der Waals surface area contributed by atoms with Crippen LogP contribution in [0.1, 0.15) is 19.8 Å². The van der Waals surface area contributed by atoms with E-state index in [4.69, 9.17) is 0 Å². The van der Waals surface area contributed by atoms with E-state index in [1.54, 1.807) is 0 Å². The van der Waals surface area contributed by atoms with Gasteiger partial charge in [-0.05, 0) is 25.8 Å². The molecule has 0 aromatic carbocycles. The highest BCUT2D eigenvalue weighted by Crippen LogP contribution is 2.16. The topological polar surface area (TPSA) is 52.6 Å². The Balaban J connectivity index is 2.42. The van der Waals surface area contributed by atoms with E-state index in [-0.39, 0.29) is 12.1 Å². The molecule has 1 heterocycles. The molecular formula is C9H16N2O2. The average molecular weight is 184 g/mol. The minimum atomic E-state index is -0.417. The van der Waals surface area contributed by atoms with Crippen LogP contribution in [0.4, 0.5) is 0 Å². The van der Waals surface area contributed by atoms with Crippen molar-refractivity contribution in [3.8, 4) is 0 Å². The number of nitrogens with one attached hydrogen (secondary N) is 1. The number of rotatable bonds is 3. The minimum Gasteiger partial charge on any atom is -0.378 e. The minimum absolute atomic E-state index is 0.122. The van der Waals surface area contributed by atoms with Crippen LogP contribution >= 0.6 is 0 Å². The fraction of sp³-hybridized carbons (Fsp3) is 0.667. The lowest BCUT2D eigenvalue weighted by Crippen LogP contribution is -2.47. The van der Waals surface area contributed by atoms with E-state index in [1.807, 2.05) is 11.8 Å². The van der Waals surface area contributed by atoms with Crippen LogP contribution in [-0.2, 0) is 4.79 Å². The van der Waals surface area contributed by atoms with Crippen LogP contribution in [0.5, 0.6) is 0 Å². The molecule has 2 atom stereocenters. The summed E-state index contributed by atoms with van der Waals surface area (Å²) in [5.41, 5.74) is 0. The Kier molecular flexibility index (Phi) is 3.45. The van der Waals surface area contributed by atoms with Gasteiger partial charge in [0.05, 0.1) is 6.17 Å². The summed E-state index contributed by atoms with van der Waals surface area (Å²) < 4.78 is 0. The van der Waals surface area contributed by atoms with Gasteiger partial charge in [-0.15, -0.1) is 0 Å². The molecule has 2 N–H and O–H groups in total. The summed E-state index contributed by atoms with van der Waals surface area (Å²) >= 11 is 0. The zero-order valence-electron chi connectivity index (χ0n) is 7.86. The predicted octanol–water partition coefficient (Wildman–Crippen LogP) is 0.0488. The third kappa shape index (κ3) is 2.54. The molecule has 1 aliphatic heterocycles. The zero-order valence-corrected chi connectivity index (χ0v) is 7.86. The number of carbonyl (C=O) groups excluding carboxylic acids is 1. The number of amides is 1. The van der Waals surface area contributed by atoms with Gasteiger partial charge in [0, 0.05) is 6.54 Å². The maximum atomic E-state index is 10.9. The van der Waals surface area contributed by atoms with Crippen molar-refractivity contribution in [3.63, 3.8) is 0 Å². The van der Waals surface area contributed by atoms with Crippen molar-refractivity contribution in [1.82, 2.24) is 10.2 Å². The fourth-order valence-electron chi connectivity index (χ4n) is 1.57. The van der Waals surface area contributed by atoms with Crippen molar-refractivity contribution in [2.24, 2.45) is 0 Å². The molecule has 0 bridgehead atoms. The molecule has 74 valence electrons. The van der Waals surface area contributed by atoms with Gasteiger partial charge in [-0.2, -0.15) is 0 Å². The molecule has 1 saturated heterocycles. The first-order valence-corrected chi connectivity index (χ1v) is 4.52. The lowest BCUT2D eigenvalue weighted by Gasteiger charge is -2.27. The summed E-state index contributed by atoms with van der Waals surface area (Å²) in [6, 6.07) is 0. The van der Waals surface area contributed by atoms with E-state index in [0.29, 0.717) is 0 Å². The predicted molar refractivity (Wildman–Crippen MR) is 49.7 cm³/mol. The monoisotopic (exact) mass is 184 g/mol. The highest BCUT2D eigenvalue weighted by molar-refractivity contribution is 5.86. The van der Waals surface area contributed by atoms with Crippen molar-refractivity contribution in [2.75, 3.05) is 6.54 Å². The summed E-state index contributed by atoms with van der Waals surface area (Å²) in [4.78, 5) is 12.8. The Labute approximate surface area is 78.2 Å². The number of likely N-dealkylation sites (tertiary alicyclic amines) is 1. The number of aliphatic hydroxyl groups is 1. The molecule has 0 aromatic heterocycles. The van der Waals surface area contributed by atoms with Crippen molar-refractivity contribution < 1.29 is 9.90 Å². The van der Waals surface area contributed by atoms with Gasteiger partial charge < -0.3 is 10.4 Å². The first kappa shape index (κ1) is 10.2. The average Bonchev–Trinajstić information content (AvgIpc) is 2.51. The van der Waals surface area contributed by atoms with Crippen LogP contribution < -0.4 is 5.32 Å². The van der Waals surface area contributed by atoms with Gasteiger partial charge >= 0.3 is 0 Å². The molecule has 1 rings (SSSR count). The van der Waals surface area contributed by atoms with Crippen molar-refractivity contribution in [1.29, 1.82) is 0 Å². The van der Waals surface area contributed by atoms with Crippen LogP contribution in [-0.4, -0.2) is 34.9 Å². The molecular weight excluding hydrogens is 168 g/mol. The van der Waals surface area contributed by atoms with E-state index < -0.39 is 6.23 Å². The third-order valence-electron chi connectivity index (χ3n) is 2.30. The molecule has 4 heteroatoms. The largest absolute Gasteiger partial charge is 0.378 e. The quantitative estimate of drug-likeness (QED) is 0.609. The van der Waals surface area contributed by atoms with Gasteiger partial charge in [-0.1, -0.05) is 6.58 Å². The molecule has 0 aliphatic carbocycles. The number of hydrogen-bond acceptors (Lipinski definition) is 3. The molecule has 4 nitrogen and oxygen atoms in total. The maximum Gasteiger partial charge on any atom is 0.244 e. The Hall–Kier alpha value is -0.870. The lowest BCUT2D eigenvalue weighted by atomic mass is 10.4. The van der Waals surface area contributed by atoms with Crippen LogP contribution in [0.2, 0.25) is 0 Å². The molecule has 13 heavy (non-hydrogen) atoms. The summed E-state index contributed by atoms with van der Waals surface area (Å²) in [5, 5.41) is 12.2. The lowest BCUT2D eigenvalue weighted by molar-refractivity contribution is -0.119. The van der Waals surface area contributed by atoms with Crippen molar-refractivity contribution >= 4 is 5.91 Å². The standard InChI is InChI=1S/C9H16N2O2/c1-3-8(12)10-7(2)11-6-4-5-9(11)13/h3,7,9,13H,1,4-6H2,2H3,(H,10,12). The van der Waals surface area contributed by atoms with Crippen LogP contribution in [0, 0.1) is 0 Å². The summed E-state index contributed by atoms with van der Waals surface area (Å²) in [7, 11) is 0. The highest BCUT2D eigenvalue weighted by Gasteiger charge is 2.26. The van der Waals surface area contributed by atoms with Crippen LogP contribution in [0.15, 0.2) is 12.7 Å². The Morgan fingerprint density at radius 3 is 3.00 bits per heavy atom.